The Balaban J connectivity index is 2.17. The number of hydrogen-bond donors (Lipinski definition) is 1. The molecule has 0 unspecified atom stereocenters. The first-order valence-corrected chi connectivity index (χ1v) is 5.03. The van der Waals surface area contributed by atoms with Crippen molar-refractivity contribution < 1.29 is 0 Å². The van der Waals surface area contributed by atoms with Gasteiger partial charge in [-0.05, 0) is 17.3 Å². The standard InChI is InChI=1S/C12H10N4O/c17-16-12(10-6-2-1-3-7-10)15-14-11-8-4-5-9-13-11/h1-9H,(H,13,14)/b15-12+. The van der Waals surface area contributed by atoms with Gasteiger partial charge in [0.2, 0.25) is 5.84 Å². The zero-order valence-corrected chi connectivity index (χ0v) is 8.95. The van der Waals surface area contributed by atoms with Gasteiger partial charge in [-0.2, -0.15) is 0 Å². The van der Waals surface area contributed by atoms with Crippen LogP contribution in [0.3, 0.4) is 0 Å². The third-order valence-corrected chi connectivity index (χ3v) is 2.06. The number of nitrogens with zero attached hydrogens (tertiary/aromatic N) is 3. The molecular weight excluding hydrogens is 216 g/mol. The van der Waals surface area contributed by atoms with Gasteiger partial charge < -0.3 is 0 Å². The minimum absolute atomic E-state index is 0.0938. The number of aromatic nitrogens is 1. The lowest BCUT2D eigenvalue weighted by Crippen LogP contribution is -2.01. The number of hydrazone groups is 1. The summed E-state index contributed by atoms with van der Waals surface area (Å²) in [6.45, 7) is 0. The van der Waals surface area contributed by atoms with Gasteiger partial charge in [0.1, 0.15) is 5.82 Å². The van der Waals surface area contributed by atoms with Gasteiger partial charge in [0.25, 0.3) is 0 Å². The fraction of sp³-hybridized carbons (Fsp3) is 0. The number of pyridine rings is 1. The molecule has 0 fully saturated rings. The summed E-state index contributed by atoms with van der Waals surface area (Å²) in [7, 11) is 0. The van der Waals surface area contributed by atoms with E-state index in [1.807, 2.05) is 24.3 Å². The lowest BCUT2D eigenvalue weighted by molar-refractivity contribution is 1.21. The molecular formula is C12H10N4O. The van der Waals surface area contributed by atoms with E-state index in [9.17, 15) is 4.91 Å². The van der Waals surface area contributed by atoms with Crippen LogP contribution in [0.25, 0.3) is 0 Å². The zero-order chi connectivity index (χ0) is 11.9. The molecule has 2 aromatic rings. The highest BCUT2D eigenvalue weighted by Crippen LogP contribution is 2.04. The molecule has 0 aliphatic rings. The molecule has 1 aromatic heterocycles. The van der Waals surface area contributed by atoms with Gasteiger partial charge in [-0.25, -0.2) is 4.98 Å². The summed E-state index contributed by atoms with van der Waals surface area (Å²) in [5.41, 5.74) is 3.34. The third kappa shape index (κ3) is 2.94. The molecule has 84 valence electrons. The van der Waals surface area contributed by atoms with Crippen LogP contribution in [0, 0.1) is 4.91 Å². The van der Waals surface area contributed by atoms with Crippen molar-refractivity contribution >= 4 is 11.7 Å². The van der Waals surface area contributed by atoms with Crippen molar-refractivity contribution in [2.24, 2.45) is 10.3 Å². The van der Waals surface area contributed by atoms with Crippen LogP contribution >= 0.6 is 0 Å². The quantitative estimate of drug-likeness (QED) is 0.378. The van der Waals surface area contributed by atoms with Crippen molar-refractivity contribution in [3.8, 4) is 0 Å². The Bertz CT molecular complexity index is 511. The second-order valence-electron chi connectivity index (χ2n) is 3.22. The Morgan fingerprint density at radius 2 is 1.82 bits per heavy atom. The topological polar surface area (TPSA) is 66.7 Å². The summed E-state index contributed by atoms with van der Waals surface area (Å²) < 4.78 is 0. The Hall–Kier alpha value is -2.56. The number of hydrogen-bond acceptors (Lipinski definition) is 4. The highest BCUT2D eigenvalue weighted by molar-refractivity contribution is 5.99. The maximum Gasteiger partial charge on any atom is 0.222 e. The maximum absolute atomic E-state index is 10.7. The average Bonchev–Trinajstić information content (AvgIpc) is 2.42. The predicted molar refractivity (Wildman–Crippen MR) is 66.6 cm³/mol. The van der Waals surface area contributed by atoms with Crippen LogP contribution in [0.1, 0.15) is 5.56 Å². The molecule has 1 N–H and O–H groups in total. The van der Waals surface area contributed by atoms with Crippen molar-refractivity contribution in [3.63, 3.8) is 0 Å². The number of rotatable bonds is 3. The highest BCUT2D eigenvalue weighted by atomic mass is 16.3. The van der Waals surface area contributed by atoms with Gasteiger partial charge in [-0.3, -0.25) is 5.43 Å². The molecule has 0 saturated heterocycles. The molecule has 0 spiro atoms. The van der Waals surface area contributed by atoms with E-state index in [1.54, 1.807) is 30.5 Å². The van der Waals surface area contributed by atoms with Crippen LogP contribution in [0.5, 0.6) is 0 Å². The lowest BCUT2D eigenvalue weighted by Gasteiger charge is -2.00. The molecule has 0 amide bonds. The molecule has 2 rings (SSSR count). The summed E-state index contributed by atoms with van der Waals surface area (Å²) in [5.74, 6) is 0.654. The molecule has 0 bridgehead atoms. The van der Waals surface area contributed by atoms with Gasteiger partial charge in [0.15, 0.2) is 0 Å². The summed E-state index contributed by atoms with van der Waals surface area (Å²) in [6.07, 6.45) is 1.63. The van der Waals surface area contributed by atoms with Crippen LogP contribution in [0.4, 0.5) is 5.82 Å². The Labute approximate surface area is 98.2 Å². The van der Waals surface area contributed by atoms with E-state index in [-0.39, 0.29) is 5.84 Å². The maximum atomic E-state index is 10.7. The van der Waals surface area contributed by atoms with Crippen molar-refractivity contribution in [2.45, 2.75) is 0 Å². The van der Waals surface area contributed by atoms with Crippen molar-refractivity contribution in [3.05, 3.63) is 65.2 Å². The first-order valence-electron chi connectivity index (χ1n) is 5.03. The highest BCUT2D eigenvalue weighted by Gasteiger charge is 2.02. The van der Waals surface area contributed by atoms with Gasteiger partial charge in [-0.15, -0.1) is 10.0 Å². The SMILES string of the molecule is O=N/C(=N/Nc1ccccn1)c1ccccc1. The van der Waals surface area contributed by atoms with E-state index in [2.05, 4.69) is 20.7 Å². The van der Waals surface area contributed by atoms with Crippen LogP contribution in [-0.4, -0.2) is 10.8 Å². The van der Waals surface area contributed by atoms with Gasteiger partial charge >= 0.3 is 0 Å². The first kappa shape index (κ1) is 10.9. The summed E-state index contributed by atoms with van der Waals surface area (Å²) in [6, 6.07) is 14.4. The van der Waals surface area contributed by atoms with E-state index < -0.39 is 0 Å². The number of benzene rings is 1. The van der Waals surface area contributed by atoms with Gasteiger partial charge in [0, 0.05) is 11.8 Å². The Kier molecular flexibility index (Phi) is 3.54. The van der Waals surface area contributed by atoms with E-state index in [0.29, 0.717) is 11.4 Å². The minimum Gasteiger partial charge on any atom is -0.259 e. The molecule has 5 heteroatoms. The predicted octanol–water partition coefficient (Wildman–Crippen LogP) is 2.62. The number of nitrogens with one attached hydrogen (secondary N) is 1. The lowest BCUT2D eigenvalue weighted by atomic mass is 10.2. The molecule has 0 aliphatic carbocycles. The summed E-state index contributed by atoms with van der Waals surface area (Å²) >= 11 is 0. The fourth-order valence-electron chi connectivity index (χ4n) is 1.26. The van der Waals surface area contributed by atoms with E-state index in [1.165, 1.54) is 0 Å². The molecule has 0 atom stereocenters. The molecule has 1 heterocycles. The van der Waals surface area contributed by atoms with Crippen LogP contribution < -0.4 is 5.43 Å². The number of amidine groups is 1. The monoisotopic (exact) mass is 226 g/mol. The minimum atomic E-state index is 0.0938. The number of anilines is 1. The number of nitroso groups, excluding NO2 is 1. The molecule has 1 aromatic carbocycles. The second kappa shape index (κ2) is 5.50. The Morgan fingerprint density at radius 1 is 1.06 bits per heavy atom. The second-order valence-corrected chi connectivity index (χ2v) is 3.22. The largest absolute Gasteiger partial charge is 0.259 e. The molecule has 0 saturated carbocycles. The zero-order valence-electron chi connectivity index (χ0n) is 8.95. The smallest absolute Gasteiger partial charge is 0.222 e. The molecule has 17 heavy (non-hydrogen) atoms. The van der Waals surface area contributed by atoms with Crippen molar-refractivity contribution in [1.82, 2.24) is 4.98 Å². The first-order chi connectivity index (χ1) is 8.40. The van der Waals surface area contributed by atoms with Crippen LogP contribution in [0.2, 0.25) is 0 Å². The van der Waals surface area contributed by atoms with Gasteiger partial charge in [-0.1, -0.05) is 36.4 Å². The fourth-order valence-corrected chi connectivity index (χ4v) is 1.26. The van der Waals surface area contributed by atoms with Crippen molar-refractivity contribution in [1.29, 1.82) is 0 Å². The summed E-state index contributed by atoms with van der Waals surface area (Å²) in [4.78, 5) is 14.7. The normalized spacial score (nSPS) is 10.9. The van der Waals surface area contributed by atoms with Crippen molar-refractivity contribution in [2.75, 3.05) is 5.43 Å². The van der Waals surface area contributed by atoms with E-state index in [4.69, 9.17) is 0 Å². The molecule has 0 aliphatic heterocycles. The third-order valence-electron chi connectivity index (χ3n) is 2.06. The van der Waals surface area contributed by atoms with Crippen LogP contribution in [0.15, 0.2) is 65.0 Å². The molecule has 0 radical (unpaired) electrons. The van der Waals surface area contributed by atoms with Crippen LogP contribution in [-0.2, 0) is 0 Å². The molecule has 5 nitrogen and oxygen atoms in total. The average molecular weight is 226 g/mol. The summed E-state index contributed by atoms with van der Waals surface area (Å²) in [5, 5.41) is 6.79. The van der Waals surface area contributed by atoms with Gasteiger partial charge in [0.05, 0.1) is 0 Å². The van der Waals surface area contributed by atoms with E-state index in [0.717, 1.165) is 0 Å². The van der Waals surface area contributed by atoms with E-state index >= 15 is 0 Å². The Morgan fingerprint density at radius 3 is 2.47 bits per heavy atom.